The van der Waals surface area contributed by atoms with Crippen LogP contribution in [-0.4, -0.2) is 66.2 Å². The maximum Gasteiger partial charge on any atom is 0.151 e. The van der Waals surface area contributed by atoms with Gasteiger partial charge in [-0.25, -0.2) is 18.7 Å². The fourth-order valence-corrected chi connectivity index (χ4v) is 6.76. The third-order valence-electron chi connectivity index (χ3n) is 7.22. The third kappa shape index (κ3) is 5.20. The van der Waals surface area contributed by atoms with Crippen molar-refractivity contribution in [2.45, 2.75) is 49.7 Å². The highest BCUT2D eigenvalue weighted by molar-refractivity contribution is 7.87. The maximum atomic E-state index is 14.2. The molecular formula is C27H31FN4O4S. The van der Waals surface area contributed by atoms with Crippen molar-refractivity contribution in [3.63, 3.8) is 0 Å². The summed E-state index contributed by atoms with van der Waals surface area (Å²) in [5, 5.41) is 4.81. The van der Waals surface area contributed by atoms with E-state index in [2.05, 4.69) is 27.6 Å². The van der Waals surface area contributed by atoms with Gasteiger partial charge >= 0.3 is 0 Å². The normalized spacial score (nSPS) is 24.9. The van der Waals surface area contributed by atoms with E-state index in [1.807, 2.05) is 13.0 Å². The summed E-state index contributed by atoms with van der Waals surface area (Å²) in [4.78, 5) is 9.04. The van der Waals surface area contributed by atoms with Crippen molar-refractivity contribution in [3.05, 3.63) is 48.0 Å². The van der Waals surface area contributed by atoms with Gasteiger partial charge in [0, 0.05) is 36.5 Å². The van der Waals surface area contributed by atoms with Crippen LogP contribution in [0, 0.1) is 12.7 Å². The van der Waals surface area contributed by atoms with Crippen molar-refractivity contribution in [1.29, 1.82) is 0 Å². The lowest BCUT2D eigenvalue weighted by molar-refractivity contribution is 0.0310. The average Bonchev–Trinajstić information content (AvgIpc) is 3.51. The lowest BCUT2D eigenvalue weighted by atomic mass is 10.1. The van der Waals surface area contributed by atoms with E-state index in [4.69, 9.17) is 23.3 Å². The zero-order valence-electron chi connectivity index (χ0n) is 21.0. The van der Waals surface area contributed by atoms with Crippen LogP contribution in [0.4, 0.5) is 21.6 Å². The molecule has 10 heteroatoms. The zero-order chi connectivity index (χ0) is 25.4. The van der Waals surface area contributed by atoms with Crippen LogP contribution in [0.2, 0.25) is 0 Å². The molecule has 3 fully saturated rings. The third-order valence-corrected chi connectivity index (χ3v) is 9.15. The summed E-state index contributed by atoms with van der Waals surface area (Å²) in [6.07, 6.45) is 6.30. The van der Waals surface area contributed by atoms with Gasteiger partial charge in [0.05, 0.1) is 29.6 Å². The number of ether oxygens (including phenoxy) is 4. The Bertz CT molecular complexity index is 1330. The van der Waals surface area contributed by atoms with Crippen molar-refractivity contribution >= 4 is 38.8 Å². The fraction of sp³-hybridized carbons (Fsp3) is 0.481. The highest BCUT2D eigenvalue weighted by Gasteiger charge is 2.43. The largest absolute Gasteiger partial charge is 0.483 e. The van der Waals surface area contributed by atoms with E-state index in [1.165, 1.54) is 18.5 Å². The van der Waals surface area contributed by atoms with Crippen molar-refractivity contribution in [2.75, 3.05) is 38.0 Å². The van der Waals surface area contributed by atoms with Gasteiger partial charge in [0.15, 0.2) is 6.10 Å². The number of rotatable bonds is 6. The quantitative estimate of drug-likeness (QED) is 0.484. The Morgan fingerprint density at radius 2 is 1.95 bits per heavy atom. The molecule has 37 heavy (non-hydrogen) atoms. The van der Waals surface area contributed by atoms with Crippen LogP contribution in [0.15, 0.2) is 41.0 Å². The number of anilines is 2. The molecule has 3 aliphatic heterocycles. The van der Waals surface area contributed by atoms with Crippen molar-refractivity contribution in [2.24, 2.45) is 4.36 Å². The Balaban J connectivity index is 1.28. The highest BCUT2D eigenvalue weighted by atomic mass is 32.2. The summed E-state index contributed by atoms with van der Waals surface area (Å²) < 4.78 is 42.6. The second-order valence-electron chi connectivity index (χ2n) is 9.72. The molecule has 0 radical (unpaired) electrons. The first-order chi connectivity index (χ1) is 18.0. The predicted molar refractivity (Wildman–Crippen MR) is 142 cm³/mol. The van der Waals surface area contributed by atoms with Crippen molar-refractivity contribution in [3.8, 4) is 5.75 Å². The molecule has 196 valence electrons. The van der Waals surface area contributed by atoms with E-state index < -0.39 is 0 Å². The van der Waals surface area contributed by atoms with Crippen LogP contribution < -0.4 is 10.1 Å². The van der Waals surface area contributed by atoms with Gasteiger partial charge in [-0.3, -0.25) is 0 Å². The second kappa shape index (κ2) is 10.6. The number of hydrogen-bond acceptors (Lipinski definition) is 8. The molecule has 2 unspecified atom stereocenters. The number of halogens is 1. The minimum atomic E-state index is -0.377. The molecule has 8 nitrogen and oxygen atoms in total. The standard InChI is InChI=1S/C27H31FN4O4S/c1-16-11-18(32-37(2)19-5-8-33-9-6-19)13-21-25(16)27(30-15-29-21)31-20-4-3-17(28)12-23(20)36-24-14-35-22-7-10-34-26(22)24/h3-4,11-13,15,19,22,24,26H,5-10,14H2,1-2H3,(H,29,30,31)/t22-,24-,26?,37?/m1/s1. The van der Waals surface area contributed by atoms with Crippen LogP contribution in [-0.2, 0) is 24.9 Å². The van der Waals surface area contributed by atoms with Gasteiger partial charge in [0.2, 0.25) is 0 Å². The molecule has 3 saturated heterocycles. The summed E-state index contributed by atoms with van der Waals surface area (Å²) in [7, 11) is -0.0921. The number of nitrogens with zero attached hydrogens (tertiary/aromatic N) is 3. The van der Waals surface area contributed by atoms with Gasteiger partial charge in [-0.1, -0.05) is 10.7 Å². The average molecular weight is 527 g/mol. The molecule has 0 saturated carbocycles. The van der Waals surface area contributed by atoms with Crippen LogP contribution >= 0.6 is 0 Å². The molecule has 4 atom stereocenters. The molecule has 1 aromatic heterocycles. The molecular weight excluding hydrogens is 495 g/mol. The molecule has 0 spiro atoms. The van der Waals surface area contributed by atoms with Gasteiger partial charge in [0.25, 0.3) is 0 Å². The van der Waals surface area contributed by atoms with Gasteiger partial charge in [-0.05, 0) is 62.3 Å². The Morgan fingerprint density at radius 3 is 2.81 bits per heavy atom. The van der Waals surface area contributed by atoms with E-state index in [9.17, 15) is 4.39 Å². The van der Waals surface area contributed by atoms with Crippen molar-refractivity contribution < 1.29 is 23.3 Å². The fourth-order valence-electron chi connectivity index (χ4n) is 5.30. The molecule has 2 aromatic carbocycles. The molecule has 6 rings (SSSR count). The summed E-state index contributed by atoms with van der Waals surface area (Å²) in [5.41, 5.74) is 3.35. The predicted octanol–water partition coefficient (Wildman–Crippen LogP) is 5.00. The summed E-state index contributed by atoms with van der Waals surface area (Å²) in [6, 6.07) is 8.54. The van der Waals surface area contributed by atoms with Crippen LogP contribution in [0.1, 0.15) is 24.8 Å². The first-order valence-corrected chi connectivity index (χ1v) is 14.4. The van der Waals surface area contributed by atoms with E-state index in [1.54, 1.807) is 6.07 Å². The molecule has 0 amide bonds. The SMILES string of the molecule is Cc1cc(N=S(C)C2CCOCC2)cc2ncnc(Nc3ccc(F)cc3O[C@@H]3CO[C@@H]4CCOC43)c12. The minimum Gasteiger partial charge on any atom is -0.483 e. The van der Waals surface area contributed by atoms with Gasteiger partial charge in [0.1, 0.15) is 29.8 Å². The number of fused-ring (bicyclic) bond motifs is 2. The zero-order valence-corrected chi connectivity index (χ0v) is 21.8. The second-order valence-corrected chi connectivity index (χ2v) is 11.6. The number of benzene rings is 2. The van der Waals surface area contributed by atoms with Crippen molar-refractivity contribution in [1.82, 2.24) is 9.97 Å². The number of aryl methyl sites for hydroxylation is 1. The first-order valence-electron chi connectivity index (χ1n) is 12.7. The summed E-state index contributed by atoms with van der Waals surface area (Å²) in [6.45, 7) is 4.73. The molecule has 4 heterocycles. The Hall–Kier alpha value is -2.66. The van der Waals surface area contributed by atoms with E-state index in [-0.39, 0.29) is 34.8 Å². The van der Waals surface area contributed by atoms with E-state index >= 15 is 0 Å². The molecule has 3 aromatic rings. The first kappa shape index (κ1) is 24.7. The van der Waals surface area contributed by atoms with Gasteiger partial charge in [-0.15, -0.1) is 0 Å². The molecule has 0 aliphatic carbocycles. The Morgan fingerprint density at radius 1 is 1.08 bits per heavy atom. The maximum absolute atomic E-state index is 14.2. The van der Waals surface area contributed by atoms with Crippen LogP contribution in [0.5, 0.6) is 5.75 Å². The molecule has 0 bridgehead atoms. The molecule has 1 N–H and O–H groups in total. The van der Waals surface area contributed by atoms with E-state index in [0.29, 0.717) is 35.7 Å². The highest BCUT2D eigenvalue weighted by Crippen LogP contribution is 2.36. The minimum absolute atomic E-state index is 0.0396. The van der Waals surface area contributed by atoms with Gasteiger partial charge < -0.3 is 24.3 Å². The summed E-state index contributed by atoms with van der Waals surface area (Å²) >= 11 is 0. The number of aromatic nitrogens is 2. The summed E-state index contributed by atoms with van der Waals surface area (Å²) in [5.74, 6) is 0.646. The Labute approximate surface area is 218 Å². The van der Waals surface area contributed by atoms with E-state index in [0.717, 1.165) is 54.6 Å². The van der Waals surface area contributed by atoms with Crippen LogP contribution in [0.3, 0.4) is 0 Å². The molecule has 3 aliphatic rings. The lowest BCUT2D eigenvalue weighted by Gasteiger charge is -2.22. The Kier molecular flexibility index (Phi) is 7.07. The number of nitrogens with one attached hydrogen (secondary N) is 1. The van der Waals surface area contributed by atoms with Crippen LogP contribution in [0.25, 0.3) is 10.9 Å². The lowest BCUT2D eigenvalue weighted by Crippen LogP contribution is -2.32. The monoisotopic (exact) mass is 526 g/mol. The topological polar surface area (TPSA) is 87.1 Å². The number of hydrogen-bond donors (Lipinski definition) is 1. The smallest absolute Gasteiger partial charge is 0.151 e. The van der Waals surface area contributed by atoms with Gasteiger partial charge in [-0.2, -0.15) is 0 Å².